The molecule has 18 heavy (non-hydrogen) atoms. The molecule has 0 spiro atoms. The van der Waals surface area contributed by atoms with Crippen LogP contribution >= 0.6 is 0 Å². The van der Waals surface area contributed by atoms with Crippen molar-refractivity contribution in [3.63, 3.8) is 0 Å². The molecule has 2 unspecified atom stereocenters. The van der Waals surface area contributed by atoms with Crippen molar-refractivity contribution in [2.24, 2.45) is 0 Å². The molecule has 1 fully saturated rings. The SMILES string of the molecule is CC1CCC(COc2ccc(B(O)O)c(F)c2)O1. The first-order chi connectivity index (χ1) is 8.56. The summed E-state index contributed by atoms with van der Waals surface area (Å²) in [6, 6.07) is 3.96. The molecule has 1 aromatic rings. The van der Waals surface area contributed by atoms with Gasteiger partial charge in [0.1, 0.15) is 18.2 Å². The van der Waals surface area contributed by atoms with E-state index in [1.807, 2.05) is 6.92 Å². The second-order valence-electron chi connectivity index (χ2n) is 4.51. The van der Waals surface area contributed by atoms with Gasteiger partial charge in [-0.3, -0.25) is 0 Å². The van der Waals surface area contributed by atoms with Crippen LogP contribution in [0.3, 0.4) is 0 Å². The Morgan fingerprint density at radius 2 is 2.22 bits per heavy atom. The Labute approximate surface area is 105 Å². The van der Waals surface area contributed by atoms with Gasteiger partial charge in [0.15, 0.2) is 0 Å². The van der Waals surface area contributed by atoms with E-state index in [1.54, 1.807) is 0 Å². The van der Waals surface area contributed by atoms with Crippen molar-refractivity contribution < 1.29 is 23.9 Å². The highest BCUT2D eigenvalue weighted by molar-refractivity contribution is 6.58. The average Bonchev–Trinajstić information content (AvgIpc) is 2.72. The zero-order valence-corrected chi connectivity index (χ0v) is 10.2. The number of benzene rings is 1. The van der Waals surface area contributed by atoms with E-state index in [0.29, 0.717) is 12.4 Å². The van der Waals surface area contributed by atoms with E-state index in [9.17, 15) is 4.39 Å². The van der Waals surface area contributed by atoms with E-state index in [1.165, 1.54) is 12.1 Å². The minimum Gasteiger partial charge on any atom is -0.491 e. The molecular formula is C12H16BFO4. The van der Waals surface area contributed by atoms with Crippen molar-refractivity contribution >= 4 is 12.6 Å². The summed E-state index contributed by atoms with van der Waals surface area (Å²) in [5.74, 6) is -0.330. The van der Waals surface area contributed by atoms with Gasteiger partial charge >= 0.3 is 7.12 Å². The van der Waals surface area contributed by atoms with Gasteiger partial charge in [0.25, 0.3) is 0 Å². The molecule has 0 radical (unpaired) electrons. The molecule has 98 valence electrons. The maximum atomic E-state index is 13.4. The molecule has 2 rings (SSSR count). The Morgan fingerprint density at radius 3 is 2.78 bits per heavy atom. The summed E-state index contributed by atoms with van der Waals surface area (Å²) in [5, 5.41) is 17.8. The quantitative estimate of drug-likeness (QED) is 0.766. The van der Waals surface area contributed by atoms with Crippen LogP contribution < -0.4 is 10.2 Å². The van der Waals surface area contributed by atoms with Gasteiger partial charge in [0, 0.05) is 11.5 Å². The summed E-state index contributed by atoms with van der Waals surface area (Å²) < 4.78 is 24.4. The second-order valence-corrected chi connectivity index (χ2v) is 4.51. The fraction of sp³-hybridized carbons (Fsp3) is 0.500. The van der Waals surface area contributed by atoms with Crippen molar-refractivity contribution in [3.05, 3.63) is 24.0 Å². The van der Waals surface area contributed by atoms with E-state index in [2.05, 4.69) is 0 Å². The van der Waals surface area contributed by atoms with Crippen molar-refractivity contribution in [1.82, 2.24) is 0 Å². The van der Waals surface area contributed by atoms with E-state index in [4.69, 9.17) is 19.5 Å². The summed E-state index contributed by atoms with van der Waals surface area (Å²) in [7, 11) is -1.81. The van der Waals surface area contributed by atoms with E-state index in [-0.39, 0.29) is 17.7 Å². The molecule has 2 N–H and O–H groups in total. The molecule has 0 aromatic heterocycles. The first-order valence-electron chi connectivity index (χ1n) is 6.00. The fourth-order valence-electron chi connectivity index (χ4n) is 2.00. The number of hydrogen-bond acceptors (Lipinski definition) is 4. The molecule has 0 saturated carbocycles. The third-order valence-electron chi connectivity index (χ3n) is 3.01. The van der Waals surface area contributed by atoms with Gasteiger partial charge in [0.2, 0.25) is 0 Å². The van der Waals surface area contributed by atoms with Crippen LogP contribution in [0.1, 0.15) is 19.8 Å². The Morgan fingerprint density at radius 1 is 1.44 bits per heavy atom. The van der Waals surface area contributed by atoms with Gasteiger partial charge in [-0.1, -0.05) is 6.07 Å². The first kappa shape index (κ1) is 13.3. The Kier molecular flexibility index (Phi) is 4.21. The molecule has 0 amide bonds. The molecule has 6 heteroatoms. The average molecular weight is 254 g/mol. The summed E-state index contributed by atoms with van der Waals surface area (Å²) in [6.45, 7) is 2.39. The topological polar surface area (TPSA) is 58.9 Å². The standard InChI is InChI=1S/C12H16BFO4/c1-8-2-3-10(18-8)7-17-9-4-5-11(13(15)16)12(14)6-9/h4-6,8,10,15-16H,2-3,7H2,1H3. The lowest BCUT2D eigenvalue weighted by atomic mass is 9.80. The highest BCUT2D eigenvalue weighted by Crippen LogP contribution is 2.20. The first-order valence-corrected chi connectivity index (χ1v) is 6.00. The lowest BCUT2D eigenvalue weighted by Crippen LogP contribution is -2.32. The zero-order chi connectivity index (χ0) is 13.1. The summed E-state index contributed by atoms with van der Waals surface area (Å²) in [5.41, 5.74) is -0.159. The second kappa shape index (κ2) is 5.69. The van der Waals surface area contributed by atoms with E-state index >= 15 is 0 Å². The molecule has 1 saturated heterocycles. The third kappa shape index (κ3) is 3.22. The lowest BCUT2D eigenvalue weighted by molar-refractivity contribution is 0.0264. The minimum atomic E-state index is -1.81. The normalized spacial score (nSPS) is 23.1. The van der Waals surface area contributed by atoms with Crippen LogP contribution in [0.2, 0.25) is 0 Å². The zero-order valence-electron chi connectivity index (χ0n) is 10.2. The van der Waals surface area contributed by atoms with Gasteiger partial charge < -0.3 is 19.5 Å². The van der Waals surface area contributed by atoms with Crippen molar-refractivity contribution in [2.75, 3.05) is 6.61 Å². The smallest absolute Gasteiger partial charge is 0.491 e. The van der Waals surface area contributed by atoms with Crippen molar-refractivity contribution in [1.29, 1.82) is 0 Å². The summed E-state index contributed by atoms with van der Waals surface area (Å²) >= 11 is 0. The Balaban J connectivity index is 1.92. The van der Waals surface area contributed by atoms with Crippen molar-refractivity contribution in [2.45, 2.75) is 32.0 Å². The fourth-order valence-corrected chi connectivity index (χ4v) is 2.00. The molecule has 1 aliphatic rings. The van der Waals surface area contributed by atoms with Crippen LogP contribution in [0.15, 0.2) is 18.2 Å². The minimum absolute atomic E-state index is 0.0474. The molecule has 4 nitrogen and oxygen atoms in total. The maximum absolute atomic E-state index is 13.4. The molecule has 0 bridgehead atoms. The van der Waals surface area contributed by atoms with Gasteiger partial charge in [-0.05, 0) is 25.8 Å². The highest BCUT2D eigenvalue weighted by Gasteiger charge is 2.22. The number of ether oxygens (including phenoxy) is 2. The van der Waals surface area contributed by atoms with E-state index in [0.717, 1.165) is 18.9 Å². The highest BCUT2D eigenvalue weighted by atomic mass is 19.1. The molecular weight excluding hydrogens is 238 g/mol. The van der Waals surface area contributed by atoms with Gasteiger partial charge in [0.05, 0.1) is 12.2 Å². The van der Waals surface area contributed by atoms with Gasteiger partial charge in [-0.15, -0.1) is 0 Å². The van der Waals surface area contributed by atoms with Gasteiger partial charge in [-0.25, -0.2) is 4.39 Å². The third-order valence-corrected chi connectivity index (χ3v) is 3.01. The Bertz CT molecular complexity index is 413. The van der Waals surface area contributed by atoms with E-state index < -0.39 is 12.9 Å². The van der Waals surface area contributed by atoms with Crippen LogP contribution in [0.25, 0.3) is 0 Å². The van der Waals surface area contributed by atoms with Crippen LogP contribution in [-0.4, -0.2) is 36.0 Å². The van der Waals surface area contributed by atoms with Crippen molar-refractivity contribution in [3.8, 4) is 5.75 Å². The molecule has 1 aliphatic heterocycles. The molecule has 1 aromatic carbocycles. The van der Waals surface area contributed by atoms with Gasteiger partial charge in [-0.2, -0.15) is 0 Å². The lowest BCUT2D eigenvalue weighted by Gasteiger charge is -2.13. The molecule has 0 aliphatic carbocycles. The summed E-state index contributed by atoms with van der Waals surface area (Å²) in [4.78, 5) is 0. The van der Waals surface area contributed by atoms with Crippen LogP contribution in [0.4, 0.5) is 4.39 Å². The molecule has 1 heterocycles. The largest absolute Gasteiger partial charge is 0.491 e. The predicted molar refractivity (Wildman–Crippen MR) is 65.3 cm³/mol. The van der Waals surface area contributed by atoms with Crippen LogP contribution in [0, 0.1) is 5.82 Å². The monoisotopic (exact) mass is 254 g/mol. The van der Waals surface area contributed by atoms with Crippen LogP contribution in [0.5, 0.6) is 5.75 Å². The van der Waals surface area contributed by atoms with Crippen LogP contribution in [-0.2, 0) is 4.74 Å². The number of hydrogen-bond donors (Lipinski definition) is 2. The number of rotatable bonds is 4. The summed E-state index contributed by atoms with van der Waals surface area (Å²) in [6.07, 6.45) is 2.25. The molecule has 2 atom stereocenters. The number of halogens is 1. The maximum Gasteiger partial charge on any atom is 0.491 e. The Hall–Kier alpha value is -1.11. The predicted octanol–water partition coefficient (Wildman–Crippen LogP) is 0.452.